The summed E-state index contributed by atoms with van der Waals surface area (Å²) in [6.45, 7) is 9.78. The molecule has 0 aromatic carbocycles. The maximum Gasteiger partial charge on any atom is 0.472 e. The van der Waals surface area contributed by atoms with Crippen LogP contribution in [0.3, 0.4) is 0 Å². The number of esters is 4. The molecule has 0 amide bonds. The quantitative estimate of drug-likeness (QED) is 0.0222. The Morgan fingerprint density at radius 3 is 0.689 bits per heavy atom. The highest BCUT2D eigenvalue weighted by Gasteiger charge is 2.30. The van der Waals surface area contributed by atoms with Crippen molar-refractivity contribution in [3.05, 3.63) is 0 Å². The third kappa shape index (κ3) is 75.3. The van der Waals surface area contributed by atoms with E-state index in [-0.39, 0.29) is 25.7 Å². The first kappa shape index (κ1) is 101. The zero-order valence-corrected chi connectivity index (χ0v) is 69.4. The average molecular weight is 1510 g/mol. The van der Waals surface area contributed by atoms with E-state index in [1.807, 2.05) is 0 Å². The van der Waals surface area contributed by atoms with Gasteiger partial charge < -0.3 is 33.8 Å². The van der Waals surface area contributed by atoms with E-state index in [1.165, 1.54) is 263 Å². The van der Waals surface area contributed by atoms with Crippen LogP contribution < -0.4 is 0 Å². The Balaban J connectivity index is 5.27. The molecule has 0 bridgehead atoms. The summed E-state index contributed by atoms with van der Waals surface area (Å²) in [5, 5.41) is 10.7. The molecule has 0 radical (unpaired) electrons. The minimum absolute atomic E-state index is 0.108. The van der Waals surface area contributed by atoms with Gasteiger partial charge in [-0.05, 0) is 37.5 Å². The molecule has 0 aliphatic carbocycles. The molecule has 0 aliphatic heterocycles. The van der Waals surface area contributed by atoms with Crippen molar-refractivity contribution in [2.45, 2.75) is 464 Å². The molecule has 19 heteroatoms. The van der Waals surface area contributed by atoms with Crippen LogP contribution in [0.2, 0.25) is 0 Å². The number of carbonyl (C=O) groups excluding carboxylic acids is 4. The van der Waals surface area contributed by atoms with Crippen molar-refractivity contribution in [2.24, 2.45) is 11.8 Å². The van der Waals surface area contributed by atoms with Gasteiger partial charge in [0.15, 0.2) is 12.2 Å². The first-order valence-corrected chi connectivity index (χ1v) is 46.6. The molecule has 0 fully saturated rings. The van der Waals surface area contributed by atoms with E-state index in [1.54, 1.807) is 0 Å². The summed E-state index contributed by atoms with van der Waals surface area (Å²) in [4.78, 5) is 73.2. The molecule has 0 aromatic rings. The van der Waals surface area contributed by atoms with Gasteiger partial charge in [-0.2, -0.15) is 0 Å². The van der Waals surface area contributed by atoms with Crippen LogP contribution in [0.5, 0.6) is 0 Å². The Labute approximate surface area is 632 Å². The van der Waals surface area contributed by atoms with Crippen molar-refractivity contribution in [3.8, 4) is 0 Å². The molecular weight excluding hydrogens is 1340 g/mol. The van der Waals surface area contributed by atoms with Gasteiger partial charge in [0.1, 0.15) is 19.3 Å². The SMILES string of the molecule is CCCCCCCCCCCCCCCCCC(=O)O[C@H](COC(=O)CCCCCCCCCCCCCC)COP(=O)(O)OC[C@H](O)COP(=O)(O)OC[C@@H](COC(=O)CCCCCCCCCCCCCCCCC(C)CC)OC(=O)CCCCCCCCCCCCCCCCC(C)CC. The minimum Gasteiger partial charge on any atom is -0.462 e. The second kappa shape index (κ2) is 75.5. The summed E-state index contributed by atoms with van der Waals surface area (Å²) in [6.07, 6.45) is 66.3. The third-order valence-electron chi connectivity index (χ3n) is 20.4. The molecule has 7 atom stereocenters. The molecular formula is C84H164O17P2. The Bertz CT molecular complexity index is 1980. The van der Waals surface area contributed by atoms with Gasteiger partial charge in [0.2, 0.25) is 0 Å². The van der Waals surface area contributed by atoms with Crippen molar-refractivity contribution >= 4 is 39.5 Å². The van der Waals surface area contributed by atoms with Gasteiger partial charge in [-0.25, -0.2) is 9.13 Å². The summed E-state index contributed by atoms with van der Waals surface area (Å²) in [5.74, 6) is -0.405. The third-order valence-corrected chi connectivity index (χ3v) is 22.3. The molecule has 4 unspecified atom stereocenters. The first-order chi connectivity index (χ1) is 49.9. The molecule has 0 spiro atoms. The largest absolute Gasteiger partial charge is 0.472 e. The van der Waals surface area contributed by atoms with Crippen LogP contribution in [0.1, 0.15) is 446 Å². The Kier molecular flexibility index (Phi) is 74.1. The van der Waals surface area contributed by atoms with Gasteiger partial charge in [-0.15, -0.1) is 0 Å². The molecule has 0 heterocycles. The second-order valence-corrected chi connectivity index (χ2v) is 33.6. The zero-order chi connectivity index (χ0) is 75.6. The van der Waals surface area contributed by atoms with E-state index in [0.717, 1.165) is 102 Å². The highest BCUT2D eigenvalue weighted by molar-refractivity contribution is 7.47. The van der Waals surface area contributed by atoms with E-state index in [0.29, 0.717) is 25.7 Å². The van der Waals surface area contributed by atoms with Crippen molar-refractivity contribution in [1.82, 2.24) is 0 Å². The van der Waals surface area contributed by atoms with Gasteiger partial charge in [0, 0.05) is 25.7 Å². The number of hydrogen-bond donors (Lipinski definition) is 3. The minimum atomic E-state index is -4.96. The number of aliphatic hydroxyl groups excluding tert-OH is 1. The van der Waals surface area contributed by atoms with Crippen LogP contribution >= 0.6 is 15.6 Å². The molecule has 0 rings (SSSR count). The molecule has 0 aliphatic rings. The lowest BCUT2D eigenvalue weighted by molar-refractivity contribution is -0.161. The number of ether oxygens (including phenoxy) is 4. The van der Waals surface area contributed by atoms with Crippen molar-refractivity contribution < 1.29 is 80.2 Å². The van der Waals surface area contributed by atoms with Gasteiger partial charge in [0.25, 0.3) is 0 Å². The fourth-order valence-electron chi connectivity index (χ4n) is 13.0. The lowest BCUT2D eigenvalue weighted by Crippen LogP contribution is -2.30. The number of aliphatic hydroxyl groups is 1. The molecule has 612 valence electrons. The Morgan fingerprint density at radius 2 is 0.466 bits per heavy atom. The van der Waals surface area contributed by atoms with E-state index >= 15 is 0 Å². The topological polar surface area (TPSA) is 237 Å². The zero-order valence-electron chi connectivity index (χ0n) is 67.6. The molecule has 17 nitrogen and oxygen atoms in total. The van der Waals surface area contributed by atoms with E-state index in [9.17, 15) is 43.2 Å². The van der Waals surface area contributed by atoms with Crippen molar-refractivity contribution in [3.63, 3.8) is 0 Å². The van der Waals surface area contributed by atoms with Gasteiger partial charge in [-0.1, -0.05) is 395 Å². The number of rotatable bonds is 83. The molecule has 0 saturated carbocycles. The Hall–Kier alpha value is -1.94. The van der Waals surface area contributed by atoms with Gasteiger partial charge >= 0.3 is 39.5 Å². The molecule has 0 aromatic heterocycles. The van der Waals surface area contributed by atoms with E-state index in [2.05, 4.69) is 41.5 Å². The fraction of sp³-hybridized carbons (Fsp3) is 0.952. The van der Waals surface area contributed by atoms with Crippen LogP contribution in [0.4, 0.5) is 0 Å². The van der Waals surface area contributed by atoms with Crippen LogP contribution in [-0.2, 0) is 65.4 Å². The van der Waals surface area contributed by atoms with Crippen LogP contribution in [-0.4, -0.2) is 96.7 Å². The number of unbranched alkanes of at least 4 members (excludes halogenated alkanes) is 51. The van der Waals surface area contributed by atoms with E-state index < -0.39 is 97.5 Å². The monoisotopic (exact) mass is 1510 g/mol. The van der Waals surface area contributed by atoms with Gasteiger partial charge in [0.05, 0.1) is 26.4 Å². The number of carbonyl (C=O) groups is 4. The summed E-state index contributed by atoms with van der Waals surface area (Å²) < 4.78 is 68.9. The van der Waals surface area contributed by atoms with Crippen LogP contribution in [0.25, 0.3) is 0 Å². The Morgan fingerprint density at radius 1 is 0.272 bits per heavy atom. The lowest BCUT2D eigenvalue weighted by atomic mass is 9.99. The standard InChI is InChI=1S/C84H164O17P2/c1-7-11-13-15-17-19-21-23-24-32-38-44-50-56-62-68-83(88)100-79(72-94-81(86)66-60-54-48-42-36-22-20-18-16-14-12-8-2)74-98-102(90,91)96-70-78(85)71-97-103(92,93)99-75-80(101-84(89)69-63-57-51-45-39-33-28-26-30-35-41-47-53-59-65-77(6)10-4)73-95-82(87)67-61-55-49-43-37-31-27-25-29-34-40-46-52-58-64-76(5)9-3/h76-80,85H,7-75H2,1-6H3,(H,90,91)(H,92,93)/t76?,77?,78-,79+,80+/m0/s1. The van der Waals surface area contributed by atoms with Crippen LogP contribution in [0, 0.1) is 11.8 Å². The maximum absolute atomic E-state index is 13.1. The number of phosphoric acid groups is 2. The molecule has 3 N–H and O–H groups in total. The summed E-state index contributed by atoms with van der Waals surface area (Å²) in [6, 6.07) is 0. The number of phosphoric ester groups is 2. The average Bonchev–Trinajstić information content (AvgIpc) is 0.922. The highest BCUT2D eigenvalue weighted by Crippen LogP contribution is 2.45. The number of hydrogen-bond acceptors (Lipinski definition) is 15. The van der Waals surface area contributed by atoms with E-state index in [4.69, 9.17) is 37.0 Å². The van der Waals surface area contributed by atoms with Crippen molar-refractivity contribution in [1.29, 1.82) is 0 Å². The molecule has 103 heavy (non-hydrogen) atoms. The smallest absolute Gasteiger partial charge is 0.462 e. The summed E-state index contributed by atoms with van der Waals surface area (Å²) in [5.41, 5.74) is 0. The van der Waals surface area contributed by atoms with Crippen molar-refractivity contribution in [2.75, 3.05) is 39.6 Å². The maximum atomic E-state index is 13.1. The second-order valence-electron chi connectivity index (χ2n) is 30.7. The highest BCUT2D eigenvalue weighted by atomic mass is 31.2. The first-order valence-electron chi connectivity index (χ1n) is 43.6. The summed E-state index contributed by atoms with van der Waals surface area (Å²) >= 11 is 0. The predicted octanol–water partition coefficient (Wildman–Crippen LogP) is 25.5. The van der Waals surface area contributed by atoms with Gasteiger partial charge in [-0.3, -0.25) is 37.3 Å². The normalized spacial score (nSPS) is 14.4. The lowest BCUT2D eigenvalue weighted by Gasteiger charge is -2.21. The predicted molar refractivity (Wildman–Crippen MR) is 423 cm³/mol. The molecule has 0 saturated heterocycles. The summed E-state index contributed by atoms with van der Waals surface area (Å²) in [7, 11) is -9.93. The fourth-order valence-corrected chi connectivity index (χ4v) is 14.6. The van der Waals surface area contributed by atoms with Crippen LogP contribution in [0.15, 0.2) is 0 Å².